The third-order valence-electron chi connectivity index (χ3n) is 0.414. The average molecular weight is 116 g/mol. The molecule has 0 aliphatic rings. The molecule has 0 N–H and O–H groups in total. The van der Waals surface area contributed by atoms with E-state index in [9.17, 15) is 0 Å². The summed E-state index contributed by atoms with van der Waals surface area (Å²) >= 11 is 6.03. The van der Waals surface area contributed by atoms with Crippen LogP contribution in [0.4, 0.5) is 0 Å². The Kier molecular flexibility index (Phi) is 1.03. The molecule has 0 fully saturated rings. The summed E-state index contributed by atoms with van der Waals surface area (Å²) in [6, 6.07) is 1.81. The lowest BCUT2D eigenvalue weighted by Gasteiger charge is -1.60. The molecule has 1 radical (unpaired) electrons. The van der Waals surface area contributed by atoms with Gasteiger partial charge in [-0.3, -0.25) is 0 Å². The van der Waals surface area contributed by atoms with E-state index in [0.717, 1.165) is 0 Å². The monoisotopic (exact) mass is 116 g/mol. The zero-order valence-corrected chi connectivity index (χ0v) is 4.55. The van der Waals surface area contributed by atoms with Gasteiger partial charge in [-0.15, -0.1) is 0 Å². The van der Waals surface area contributed by atoms with Gasteiger partial charge in [0.15, 0.2) is 0 Å². The van der Waals surface area contributed by atoms with E-state index in [1.54, 1.807) is 6.07 Å². The average Bonchev–Trinajstić information content (AvgIpc) is 1.86. The number of aromatic nitrogens is 1. The highest BCUT2D eigenvalue weighted by Crippen LogP contribution is 2.01. The molecule has 1 heterocycles. The Morgan fingerprint density at radius 2 is 2.67 bits per heavy atom. The predicted molar refractivity (Wildman–Crippen MR) is 28.0 cm³/mol. The van der Waals surface area contributed by atoms with E-state index in [2.05, 4.69) is 17.0 Å². The number of rotatable bonds is 0. The molecule has 0 unspecified atom stereocenters. The lowest BCUT2D eigenvalue weighted by molar-refractivity contribution is 1.30. The van der Waals surface area contributed by atoms with E-state index < -0.39 is 0 Å². The molecular weight excluding hydrogens is 114 g/mol. The largest absolute Gasteiger partial charge is 0.182 e. The third kappa shape index (κ3) is 0.666. The first-order chi connectivity index (χ1) is 2.89. The molecule has 0 saturated carbocycles. The first-order valence-electron chi connectivity index (χ1n) is 1.47. The van der Waals surface area contributed by atoms with Crippen molar-refractivity contribution in [1.82, 2.24) is 4.37 Å². The molecule has 1 aromatic heterocycles. The van der Waals surface area contributed by atoms with Crippen molar-refractivity contribution in [2.45, 2.75) is 5.03 Å². The van der Waals surface area contributed by atoms with Crippen LogP contribution in [0.5, 0.6) is 0 Å². The Labute approximate surface area is 45.6 Å². The summed E-state index contributed by atoms with van der Waals surface area (Å²) in [6.07, 6.45) is 0. The summed E-state index contributed by atoms with van der Waals surface area (Å²) in [6.45, 7) is 0. The molecule has 6 heavy (non-hydrogen) atoms. The van der Waals surface area contributed by atoms with Crippen molar-refractivity contribution in [2.75, 3.05) is 0 Å². The van der Waals surface area contributed by atoms with Crippen LogP contribution >= 0.6 is 24.2 Å². The zero-order chi connectivity index (χ0) is 4.41. The van der Waals surface area contributed by atoms with Crippen molar-refractivity contribution < 1.29 is 0 Å². The van der Waals surface area contributed by atoms with Gasteiger partial charge in [-0.25, -0.2) is 0 Å². The van der Waals surface area contributed by atoms with Gasteiger partial charge in [-0.1, -0.05) is 12.6 Å². The molecule has 0 aliphatic heterocycles. The van der Waals surface area contributed by atoms with Crippen molar-refractivity contribution in [3.05, 3.63) is 11.4 Å². The SMILES string of the molecule is [S]c1ccsn1. The highest BCUT2D eigenvalue weighted by Gasteiger charge is 1.79. The second-order valence-electron chi connectivity index (χ2n) is 0.838. The Bertz CT molecular complexity index is 112. The molecule has 0 aromatic carbocycles. The summed E-state index contributed by atoms with van der Waals surface area (Å²) in [5, 5.41) is 2.56. The normalized spacial score (nSPS) is 8.67. The van der Waals surface area contributed by atoms with Crippen molar-refractivity contribution in [1.29, 1.82) is 0 Å². The second-order valence-corrected chi connectivity index (χ2v) is 1.92. The number of nitrogens with zero attached hydrogens (tertiary/aromatic N) is 1. The molecule has 1 rings (SSSR count). The predicted octanol–water partition coefficient (Wildman–Crippen LogP) is 1.70. The van der Waals surface area contributed by atoms with Gasteiger partial charge in [0, 0.05) is 5.38 Å². The van der Waals surface area contributed by atoms with Gasteiger partial charge in [0.2, 0.25) is 0 Å². The maximum Gasteiger partial charge on any atom is 0.139 e. The zero-order valence-electron chi connectivity index (χ0n) is 2.92. The molecule has 0 amide bonds. The minimum Gasteiger partial charge on any atom is -0.182 e. The standard InChI is InChI=1S/C3H2NS2/c5-3-1-2-6-4-3/h1-2H. The molecule has 1 nitrogen and oxygen atoms in total. The quantitative estimate of drug-likeness (QED) is 0.502. The Balaban J connectivity index is 3.05. The van der Waals surface area contributed by atoms with Crippen LogP contribution < -0.4 is 0 Å². The Hall–Kier alpha value is -0.150. The maximum absolute atomic E-state index is 4.64. The lowest BCUT2D eigenvalue weighted by Crippen LogP contribution is -1.48. The van der Waals surface area contributed by atoms with E-state index >= 15 is 0 Å². The lowest BCUT2D eigenvalue weighted by atomic mass is 10.8. The fourth-order valence-corrected chi connectivity index (χ4v) is 0.900. The molecule has 3 heteroatoms. The third-order valence-corrected chi connectivity index (χ3v) is 1.32. The molecule has 0 saturated heterocycles. The molecule has 0 atom stereocenters. The van der Waals surface area contributed by atoms with Crippen LogP contribution in [0.15, 0.2) is 16.5 Å². The van der Waals surface area contributed by atoms with E-state index in [0.29, 0.717) is 5.03 Å². The Morgan fingerprint density at radius 1 is 1.83 bits per heavy atom. The van der Waals surface area contributed by atoms with Crippen LogP contribution in [0.2, 0.25) is 0 Å². The number of hydrogen-bond acceptors (Lipinski definition) is 2. The van der Waals surface area contributed by atoms with Crippen molar-refractivity contribution in [3.8, 4) is 0 Å². The molecular formula is C3H2NS2. The summed E-state index contributed by atoms with van der Waals surface area (Å²) in [5.74, 6) is 0. The van der Waals surface area contributed by atoms with Gasteiger partial charge < -0.3 is 0 Å². The van der Waals surface area contributed by atoms with Crippen LogP contribution in [0, 0.1) is 0 Å². The summed E-state index contributed by atoms with van der Waals surface area (Å²) < 4.78 is 3.77. The first kappa shape index (κ1) is 4.02. The molecule has 0 bridgehead atoms. The van der Waals surface area contributed by atoms with Crippen LogP contribution in [0.1, 0.15) is 0 Å². The maximum atomic E-state index is 4.64. The highest BCUT2D eigenvalue weighted by atomic mass is 32.1. The smallest absolute Gasteiger partial charge is 0.139 e. The summed E-state index contributed by atoms with van der Waals surface area (Å²) in [7, 11) is 0. The minimum atomic E-state index is 0.694. The van der Waals surface area contributed by atoms with Crippen LogP contribution in [0.25, 0.3) is 0 Å². The summed E-state index contributed by atoms with van der Waals surface area (Å²) in [4.78, 5) is 0. The van der Waals surface area contributed by atoms with Crippen molar-refractivity contribution >= 4 is 24.2 Å². The van der Waals surface area contributed by atoms with E-state index in [1.807, 2.05) is 5.38 Å². The highest BCUT2D eigenvalue weighted by molar-refractivity contribution is 7.80. The van der Waals surface area contributed by atoms with Crippen LogP contribution in [0.3, 0.4) is 0 Å². The van der Waals surface area contributed by atoms with Crippen LogP contribution in [-0.4, -0.2) is 4.37 Å². The fourth-order valence-electron chi connectivity index (χ4n) is 0.201. The Morgan fingerprint density at radius 3 is 2.83 bits per heavy atom. The van der Waals surface area contributed by atoms with Crippen molar-refractivity contribution in [3.63, 3.8) is 0 Å². The minimum absolute atomic E-state index is 0.694. The van der Waals surface area contributed by atoms with E-state index in [1.165, 1.54) is 11.5 Å². The fraction of sp³-hybridized carbons (Fsp3) is 0. The van der Waals surface area contributed by atoms with Gasteiger partial charge in [0.25, 0.3) is 0 Å². The van der Waals surface area contributed by atoms with Gasteiger partial charge in [0.1, 0.15) is 5.03 Å². The van der Waals surface area contributed by atoms with Crippen LogP contribution in [-0.2, 0) is 0 Å². The van der Waals surface area contributed by atoms with Gasteiger partial charge in [-0.2, -0.15) is 4.37 Å². The van der Waals surface area contributed by atoms with Gasteiger partial charge in [0.05, 0.1) is 0 Å². The first-order valence-corrected chi connectivity index (χ1v) is 2.71. The molecule has 1 aromatic rings. The number of hydrogen-bond donors (Lipinski definition) is 0. The van der Waals surface area contributed by atoms with Gasteiger partial charge in [-0.05, 0) is 17.6 Å². The topological polar surface area (TPSA) is 12.9 Å². The van der Waals surface area contributed by atoms with E-state index in [-0.39, 0.29) is 0 Å². The van der Waals surface area contributed by atoms with Gasteiger partial charge >= 0.3 is 0 Å². The van der Waals surface area contributed by atoms with E-state index in [4.69, 9.17) is 0 Å². The second kappa shape index (κ2) is 1.53. The molecule has 31 valence electrons. The molecule has 0 spiro atoms. The summed E-state index contributed by atoms with van der Waals surface area (Å²) in [5.41, 5.74) is 0. The molecule has 0 aliphatic carbocycles. The van der Waals surface area contributed by atoms with Crippen molar-refractivity contribution in [2.24, 2.45) is 0 Å².